The van der Waals surface area contributed by atoms with Crippen LogP contribution in [0.1, 0.15) is 25.7 Å². The van der Waals surface area contributed by atoms with Crippen LogP contribution in [0.25, 0.3) is 0 Å². The summed E-state index contributed by atoms with van der Waals surface area (Å²) >= 11 is 0. The highest BCUT2D eigenvalue weighted by molar-refractivity contribution is 5.77. The number of ether oxygens (including phenoxy) is 1. The molecule has 0 saturated carbocycles. The zero-order valence-corrected chi connectivity index (χ0v) is 13.3. The number of pyridine rings is 1. The van der Waals surface area contributed by atoms with E-state index in [1.54, 1.807) is 7.11 Å². The Kier molecular flexibility index (Phi) is 4.62. The first-order valence-corrected chi connectivity index (χ1v) is 8.14. The minimum Gasteiger partial charge on any atom is -0.375 e. The molecule has 0 aromatic carbocycles. The number of nitrogens with zero attached hydrogens (tertiary/aromatic N) is 3. The van der Waals surface area contributed by atoms with Crippen LogP contribution in [0.15, 0.2) is 24.5 Å². The van der Waals surface area contributed by atoms with Gasteiger partial charge >= 0.3 is 0 Å². The standard InChI is InChI=1S/C17H25N3O2/c1-22-14-16(21)20-12-6-17(7-13-20)4-10-19(11-5-17)15-2-8-18-9-3-15/h2-3,8-9H,4-7,10-14H2,1H3. The second-order valence-electron chi connectivity index (χ2n) is 6.51. The van der Waals surface area contributed by atoms with Gasteiger partial charge in [0.2, 0.25) is 5.91 Å². The van der Waals surface area contributed by atoms with Gasteiger partial charge in [-0.15, -0.1) is 0 Å². The van der Waals surface area contributed by atoms with E-state index in [-0.39, 0.29) is 12.5 Å². The first-order chi connectivity index (χ1) is 10.7. The van der Waals surface area contributed by atoms with E-state index in [1.165, 1.54) is 18.5 Å². The largest absolute Gasteiger partial charge is 0.375 e. The van der Waals surface area contributed by atoms with Gasteiger partial charge in [-0.05, 0) is 43.2 Å². The summed E-state index contributed by atoms with van der Waals surface area (Å²) in [5.74, 6) is 0.131. The molecule has 2 fully saturated rings. The van der Waals surface area contributed by atoms with Crippen LogP contribution < -0.4 is 4.90 Å². The van der Waals surface area contributed by atoms with E-state index in [2.05, 4.69) is 22.0 Å². The summed E-state index contributed by atoms with van der Waals surface area (Å²) in [6.07, 6.45) is 8.43. The number of aromatic nitrogens is 1. The summed E-state index contributed by atoms with van der Waals surface area (Å²) < 4.78 is 4.95. The molecule has 3 rings (SSSR count). The van der Waals surface area contributed by atoms with Crippen LogP contribution in [0, 0.1) is 5.41 Å². The van der Waals surface area contributed by atoms with Crippen molar-refractivity contribution in [2.24, 2.45) is 5.41 Å². The lowest BCUT2D eigenvalue weighted by atomic mass is 9.71. The average molecular weight is 303 g/mol. The number of likely N-dealkylation sites (tertiary alicyclic amines) is 1. The molecule has 0 aliphatic carbocycles. The second-order valence-corrected chi connectivity index (χ2v) is 6.51. The summed E-state index contributed by atoms with van der Waals surface area (Å²) in [6.45, 7) is 4.20. The third-order valence-corrected chi connectivity index (χ3v) is 5.30. The quantitative estimate of drug-likeness (QED) is 0.856. The molecule has 2 saturated heterocycles. The lowest BCUT2D eigenvalue weighted by molar-refractivity contribution is -0.137. The maximum Gasteiger partial charge on any atom is 0.248 e. The van der Waals surface area contributed by atoms with Gasteiger partial charge in [0.05, 0.1) is 0 Å². The van der Waals surface area contributed by atoms with Crippen LogP contribution in [0.4, 0.5) is 5.69 Å². The van der Waals surface area contributed by atoms with Crippen LogP contribution in [-0.2, 0) is 9.53 Å². The number of carbonyl (C=O) groups excluding carboxylic acids is 1. The second kappa shape index (κ2) is 6.65. The summed E-state index contributed by atoms with van der Waals surface area (Å²) in [5.41, 5.74) is 1.71. The third kappa shape index (κ3) is 3.24. The lowest BCUT2D eigenvalue weighted by Gasteiger charge is -2.47. The molecule has 1 aromatic rings. The van der Waals surface area contributed by atoms with Crippen LogP contribution >= 0.6 is 0 Å². The van der Waals surface area contributed by atoms with Crippen molar-refractivity contribution < 1.29 is 9.53 Å². The minimum atomic E-state index is 0.131. The first-order valence-electron chi connectivity index (χ1n) is 8.14. The number of piperidine rings is 2. The predicted molar refractivity (Wildman–Crippen MR) is 85.8 cm³/mol. The molecule has 22 heavy (non-hydrogen) atoms. The molecule has 120 valence electrons. The molecule has 3 heterocycles. The van der Waals surface area contributed by atoms with E-state index in [9.17, 15) is 4.79 Å². The molecule has 0 atom stereocenters. The summed E-state index contributed by atoms with van der Waals surface area (Å²) in [5, 5.41) is 0. The van der Waals surface area contributed by atoms with E-state index in [0.717, 1.165) is 39.0 Å². The predicted octanol–water partition coefficient (Wildman–Crippen LogP) is 1.94. The van der Waals surface area contributed by atoms with Gasteiger partial charge in [-0.3, -0.25) is 9.78 Å². The van der Waals surface area contributed by atoms with Gasteiger partial charge in [-0.1, -0.05) is 0 Å². The molecular weight excluding hydrogens is 278 g/mol. The maximum absolute atomic E-state index is 11.9. The Hall–Kier alpha value is -1.62. The number of amides is 1. The van der Waals surface area contributed by atoms with Crippen molar-refractivity contribution in [3.63, 3.8) is 0 Å². The van der Waals surface area contributed by atoms with Crippen LogP contribution in [0.3, 0.4) is 0 Å². The van der Waals surface area contributed by atoms with Gasteiger partial charge in [0.25, 0.3) is 0 Å². The Morgan fingerprint density at radius 2 is 1.73 bits per heavy atom. The van der Waals surface area contributed by atoms with Crippen LogP contribution in [0.5, 0.6) is 0 Å². The smallest absolute Gasteiger partial charge is 0.248 e. The average Bonchev–Trinajstić information content (AvgIpc) is 2.57. The van der Waals surface area contributed by atoms with E-state index in [1.807, 2.05) is 17.3 Å². The number of hydrogen-bond donors (Lipinski definition) is 0. The fraction of sp³-hybridized carbons (Fsp3) is 0.647. The van der Waals surface area contributed by atoms with Gasteiger partial charge in [-0.25, -0.2) is 0 Å². The Labute approximate surface area is 132 Å². The van der Waals surface area contributed by atoms with Gasteiger partial charge in [0.1, 0.15) is 6.61 Å². The summed E-state index contributed by atoms with van der Waals surface area (Å²) in [6, 6.07) is 4.17. The zero-order chi connectivity index (χ0) is 15.4. The molecule has 0 N–H and O–H groups in total. The zero-order valence-electron chi connectivity index (χ0n) is 13.3. The molecule has 2 aliphatic heterocycles. The van der Waals surface area contributed by atoms with Crippen LogP contribution in [0.2, 0.25) is 0 Å². The summed E-state index contributed by atoms with van der Waals surface area (Å²) in [7, 11) is 1.58. The normalized spacial score (nSPS) is 21.1. The van der Waals surface area contributed by atoms with Crippen molar-refractivity contribution >= 4 is 11.6 Å². The van der Waals surface area contributed by atoms with Crippen molar-refractivity contribution in [1.82, 2.24) is 9.88 Å². The number of anilines is 1. The molecule has 1 aromatic heterocycles. The van der Waals surface area contributed by atoms with Crippen LogP contribution in [-0.4, -0.2) is 55.7 Å². The Morgan fingerprint density at radius 1 is 1.14 bits per heavy atom. The van der Waals surface area contributed by atoms with E-state index in [0.29, 0.717) is 5.41 Å². The van der Waals surface area contributed by atoms with Gasteiger partial charge in [0.15, 0.2) is 0 Å². The fourth-order valence-corrected chi connectivity index (χ4v) is 3.74. The fourth-order valence-electron chi connectivity index (χ4n) is 3.74. The number of carbonyl (C=O) groups is 1. The van der Waals surface area contributed by atoms with E-state index < -0.39 is 0 Å². The van der Waals surface area contributed by atoms with Crippen molar-refractivity contribution in [2.75, 3.05) is 44.8 Å². The highest BCUT2D eigenvalue weighted by Crippen LogP contribution is 2.42. The molecule has 0 bridgehead atoms. The number of rotatable bonds is 3. The molecule has 1 amide bonds. The molecule has 1 spiro atoms. The highest BCUT2D eigenvalue weighted by atomic mass is 16.5. The molecule has 0 radical (unpaired) electrons. The van der Waals surface area contributed by atoms with Crippen molar-refractivity contribution in [3.05, 3.63) is 24.5 Å². The Bertz CT molecular complexity index is 488. The molecule has 2 aliphatic rings. The Morgan fingerprint density at radius 3 is 2.32 bits per heavy atom. The minimum absolute atomic E-state index is 0.131. The highest BCUT2D eigenvalue weighted by Gasteiger charge is 2.38. The van der Waals surface area contributed by atoms with E-state index in [4.69, 9.17) is 4.74 Å². The van der Waals surface area contributed by atoms with Crippen molar-refractivity contribution in [2.45, 2.75) is 25.7 Å². The molecule has 5 nitrogen and oxygen atoms in total. The first kappa shape index (κ1) is 15.3. The molecule has 0 unspecified atom stereocenters. The van der Waals surface area contributed by atoms with Gasteiger partial charge < -0.3 is 14.5 Å². The number of methoxy groups -OCH3 is 1. The summed E-state index contributed by atoms with van der Waals surface area (Å²) in [4.78, 5) is 20.4. The monoisotopic (exact) mass is 303 g/mol. The third-order valence-electron chi connectivity index (χ3n) is 5.30. The topological polar surface area (TPSA) is 45.7 Å². The number of hydrogen-bond acceptors (Lipinski definition) is 4. The Balaban J connectivity index is 1.53. The molecular formula is C17H25N3O2. The lowest BCUT2D eigenvalue weighted by Crippen LogP contribution is -2.49. The van der Waals surface area contributed by atoms with Gasteiger partial charge in [0, 0.05) is 51.4 Å². The van der Waals surface area contributed by atoms with Crippen molar-refractivity contribution in [1.29, 1.82) is 0 Å². The molecule has 5 heteroatoms. The van der Waals surface area contributed by atoms with E-state index >= 15 is 0 Å². The van der Waals surface area contributed by atoms with Crippen molar-refractivity contribution in [3.8, 4) is 0 Å². The van der Waals surface area contributed by atoms with Gasteiger partial charge in [-0.2, -0.15) is 0 Å². The maximum atomic E-state index is 11.9. The SMILES string of the molecule is COCC(=O)N1CCC2(CC1)CCN(c1ccncc1)CC2.